The Balaban J connectivity index is 1.22. The Hall–Kier alpha value is -4.60. The first kappa shape index (κ1) is 28.9. The maximum atomic E-state index is 13.2. The van der Waals surface area contributed by atoms with Crippen LogP contribution in [0, 0.1) is 0 Å². The van der Waals surface area contributed by atoms with E-state index in [2.05, 4.69) is 23.1 Å². The van der Waals surface area contributed by atoms with Crippen molar-refractivity contribution in [2.45, 2.75) is 32.2 Å². The zero-order valence-corrected chi connectivity index (χ0v) is 24.4. The third-order valence-corrected chi connectivity index (χ3v) is 7.50. The minimum absolute atomic E-state index is 0.0846. The van der Waals surface area contributed by atoms with E-state index in [1.165, 1.54) is 7.11 Å². The van der Waals surface area contributed by atoms with Gasteiger partial charge in [0.15, 0.2) is 23.0 Å². The molecule has 3 aliphatic rings. The SMILES string of the molecule is C=C(CC)CN1CC=Nc2cc(OCCCOc3cc4c(cc3OC)C(=O)N3CC(=C)C[C@H]3C=N4)c(OC)cc2C1=O. The van der Waals surface area contributed by atoms with E-state index in [4.69, 9.17) is 18.9 Å². The highest BCUT2D eigenvalue weighted by Gasteiger charge is 2.34. The Bertz CT molecular complexity index is 1480. The van der Waals surface area contributed by atoms with E-state index in [0.29, 0.717) is 84.8 Å². The quantitative estimate of drug-likeness (QED) is 0.272. The Morgan fingerprint density at radius 1 is 0.929 bits per heavy atom. The zero-order chi connectivity index (χ0) is 29.8. The largest absolute Gasteiger partial charge is 0.493 e. The highest BCUT2D eigenvalue weighted by Crippen LogP contribution is 2.39. The molecule has 10 nitrogen and oxygen atoms in total. The Labute approximate surface area is 245 Å². The third-order valence-electron chi connectivity index (χ3n) is 7.50. The summed E-state index contributed by atoms with van der Waals surface area (Å²) in [6, 6.07) is 6.75. The molecule has 220 valence electrons. The second kappa shape index (κ2) is 12.5. The van der Waals surface area contributed by atoms with E-state index < -0.39 is 0 Å². The summed E-state index contributed by atoms with van der Waals surface area (Å²) in [4.78, 5) is 38.9. The molecule has 2 amide bonds. The highest BCUT2D eigenvalue weighted by atomic mass is 16.5. The van der Waals surface area contributed by atoms with E-state index >= 15 is 0 Å². The van der Waals surface area contributed by atoms with Gasteiger partial charge in [0.1, 0.15) is 0 Å². The molecule has 5 rings (SSSR count). The van der Waals surface area contributed by atoms with Gasteiger partial charge in [-0.15, -0.1) is 0 Å². The summed E-state index contributed by atoms with van der Waals surface area (Å²) in [5.41, 5.74) is 4.02. The van der Waals surface area contributed by atoms with Crippen molar-refractivity contribution in [3.63, 3.8) is 0 Å². The van der Waals surface area contributed by atoms with Gasteiger partial charge in [0.05, 0.1) is 62.5 Å². The van der Waals surface area contributed by atoms with Crippen LogP contribution in [0.15, 0.2) is 58.6 Å². The van der Waals surface area contributed by atoms with Crippen LogP contribution in [-0.2, 0) is 0 Å². The van der Waals surface area contributed by atoms with E-state index in [-0.39, 0.29) is 17.9 Å². The normalized spacial score (nSPS) is 17.3. The number of ether oxygens (including phenoxy) is 4. The topological polar surface area (TPSA) is 102 Å². The molecule has 3 heterocycles. The molecule has 0 spiro atoms. The molecule has 0 aromatic heterocycles. The molecule has 0 radical (unpaired) electrons. The number of aliphatic imine (C=N–C) groups is 2. The Morgan fingerprint density at radius 3 is 2.17 bits per heavy atom. The number of rotatable bonds is 11. The molecule has 1 fully saturated rings. The number of carbonyl (C=O) groups excluding carboxylic acids is 2. The number of hydrogen-bond acceptors (Lipinski definition) is 8. The first-order valence-electron chi connectivity index (χ1n) is 14.0. The average molecular weight is 573 g/mol. The van der Waals surface area contributed by atoms with Crippen molar-refractivity contribution in [3.05, 3.63) is 59.7 Å². The minimum atomic E-state index is -0.123. The molecule has 3 aliphatic heterocycles. The highest BCUT2D eigenvalue weighted by molar-refractivity contribution is 6.04. The Kier molecular flexibility index (Phi) is 8.61. The molecule has 0 saturated carbocycles. The van der Waals surface area contributed by atoms with Crippen LogP contribution in [-0.4, -0.2) is 87.2 Å². The fourth-order valence-corrected chi connectivity index (χ4v) is 5.14. The first-order chi connectivity index (χ1) is 20.3. The molecular formula is C32H36N4O6. The van der Waals surface area contributed by atoms with Crippen LogP contribution < -0.4 is 18.9 Å². The molecule has 0 unspecified atom stereocenters. The van der Waals surface area contributed by atoms with Gasteiger partial charge < -0.3 is 28.7 Å². The third kappa shape index (κ3) is 5.88. The van der Waals surface area contributed by atoms with Crippen LogP contribution in [0.25, 0.3) is 0 Å². The smallest absolute Gasteiger partial charge is 0.257 e. The second-order valence-electron chi connectivity index (χ2n) is 10.4. The number of benzene rings is 2. The van der Waals surface area contributed by atoms with Gasteiger partial charge in [-0.1, -0.05) is 31.2 Å². The number of fused-ring (bicyclic) bond motifs is 3. The van der Waals surface area contributed by atoms with E-state index in [1.54, 1.807) is 53.6 Å². The van der Waals surface area contributed by atoms with E-state index in [9.17, 15) is 9.59 Å². The van der Waals surface area contributed by atoms with Gasteiger partial charge in [-0.3, -0.25) is 19.6 Å². The molecule has 2 aromatic carbocycles. The van der Waals surface area contributed by atoms with Crippen molar-refractivity contribution in [3.8, 4) is 23.0 Å². The average Bonchev–Trinajstić information content (AvgIpc) is 3.24. The van der Waals surface area contributed by atoms with Gasteiger partial charge in [-0.05, 0) is 25.0 Å². The lowest BCUT2D eigenvalue weighted by molar-refractivity contribution is 0.0774. The summed E-state index contributed by atoms with van der Waals surface area (Å²) in [5, 5.41) is 0. The second-order valence-corrected chi connectivity index (χ2v) is 10.4. The van der Waals surface area contributed by atoms with Crippen LogP contribution in [0.5, 0.6) is 23.0 Å². The molecule has 0 bridgehead atoms. The summed E-state index contributed by atoms with van der Waals surface area (Å²) >= 11 is 0. The van der Waals surface area contributed by atoms with E-state index in [1.807, 2.05) is 6.92 Å². The summed E-state index contributed by atoms with van der Waals surface area (Å²) in [5.74, 6) is 1.69. The molecule has 0 N–H and O–H groups in total. The molecular weight excluding hydrogens is 536 g/mol. The van der Waals surface area contributed by atoms with Crippen molar-refractivity contribution in [1.29, 1.82) is 0 Å². The van der Waals surface area contributed by atoms with Gasteiger partial charge >= 0.3 is 0 Å². The minimum Gasteiger partial charge on any atom is -0.493 e. The van der Waals surface area contributed by atoms with Crippen LogP contribution in [0.4, 0.5) is 11.4 Å². The molecule has 2 aromatic rings. The standard InChI is InChI=1S/C32H36N4O6/c1-6-20(2)18-35-9-8-33-25-15-29(27(39-4)13-23(25)31(35)37)41-10-7-11-42-30-16-26-24(14-28(30)40-5)32(38)36-19-21(3)12-22(36)17-34-26/h8,13-17,22H,2-3,6-7,9-12,18-19H2,1,4-5H3/t22-/m0/s1. The van der Waals surface area contributed by atoms with Crippen molar-refractivity contribution >= 4 is 35.6 Å². The maximum Gasteiger partial charge on any atom is 0.257 e. The monoisotopic (exact) mass is 572 g/mol. The van der Waals surface area contributed by atoms with Crippen LogP contribution in [0.3, 0.4) is 0 Å². The van der Waals surface area contributed by atoms with Gasteiger partial charge in [-0.25, -0.2) is 0 Å². The number of methoxy groups -OCH3 is 2. The van der Waals surface area contributed by atoms with Crippen LogP contribution in [0.2, 0.25) is 0 Å². The fraction of sp³-hybridized carbons (Fsp3) is 0.375. The molecule has 10 heteroatoms. The number of hydrogen-bond donors (Lipinski definition) is 0. The van der Waals surface area contributed by atoms with Crippen molar-refractivity contribution in [1.82, 2.24) is 9.80 Å². The van der Waals surface area contributed by atoms with Gasteiger partial charge in [0.25, 0.3) is 11.8 Å². The lowest BCUT2D eigenvalue weighted by Gasteiger charge is -2.21. The van der Waals surface area contributed by atoms with Crippen LogP contribution in [0.1, 0.15) is 46.9 Å². The Morgan fingerprint density at radius 2 is 1.55 bits per heavy atom. The fourth-order valence-electron chi connectivity index (χ4n) is 5.14. The van der Waals surface area contributed by atoms with Gasteiger partial charge in [-0.2, -0.15) is 0 Å². The predicted octanol–water partition coefficient (Wildman–Crippen LogP) is 5.16. The lowest BCUT2D eigenvalue weighted by Crippen LogP contribution is -2.35. The van der Waals surface area contributed by atoms with Crippen molar-refractivity contribution in [2.75, 3.05) is 47.1 Å². The van der Waals surface area contributed by atoms with Crippen LogP contribution >= 0.6 is 0 Å². The molecule has 42 heavy (non-hydrogen) atoms. The summed E-state index contributed by atoms with van der Waals surface area (Å²) in [6.45, 7) is 12.2. The molecule has 1 atom stereocenters. The first-order valence-corrected chi connectivity index (χ1v) is 14.0. The summed E-state index contributed by atoms with van der Waals surface area (Å²) in [6.07, 6.45) is 5.60. The van der Waals surface area contributed by atoms with Crippen molar-refractivity contribution < 1.29 is 28.5 Å². The van der Waals surface area contributed by atoms with Crippen molar-refractivity contribution in [2.24, 2.45) is 9.98 Å². The number of amides is 2. The van der Waals surface area contributed by atoms with Gasteiger partial charge in [0, 0.05) is 44.1 Å². The number of carbonyl (C=O) groups is 2. The summed E-state index contributed by atoms with van der Waals surface area (Å²) in [7, 11) is 3.08. The zero-order valence-electron chi connectivity index (χ0n) is 24.4. The molecule has 1 saturated heterocycles. The predicted molar refractivity (Wildman–Crippen MR) is 162 cm³/mol. The molecule has 0 aliphatic carbocycles. The lowest BCUT2D eigenvalue weighted by atomic mass is 10.1. The van der Waals surface area contributed by atoms with E-state index in [0.717, 1.165) is 24.0 Å². The maximum absolute atomic E-state index is 13.2. The summed E-state index contributed by atoms with van der Waals surface area (Å²) < 4.78 is 23.1. The van der Waals surface area contributed by atoms with Gasteiger partial charge in [0.2, 0.25) is 0 Å². The number of nitrogens with zero attached hydrogens (tertiary/aromatic N) is 4.